The standard InChI is InChI=1S/C36H57NO6.C2H6O.H2/c1-32(2)27-11-9-22-24-18-26-23(8-10-25(41-26)30(33(3,4)39)43-31(38)21-6-7-21)34(24,5)14-15-35(22)20-36(27,35)13-12-28(32)42-29-19-37-16-17-40-29;1-3-2;/h21-30,37,39H,6-20H2,1-5H3;1-2H3;1H/t22?,23?,24?,25?,26?,27?,28-,29?,30-,34?,35-,36?;;/m0../s1. The maximum Gasteiger partial charge on any atom is 0.309 e. The molecule has 8 nitrogen and oxygen atoms in total. The molecular formula is C38H65NO7. The maximum absolute atomic E-state index is 12.7. The van der Waals surface area contributed by atoms with Crippen molar-refractivity contribution in [2.24, 2.45) is 51.2 Å². The Morgan fingerprint density at radius 3 is 2.37 bits per heavy atom. The highest BCUT2D eigenvalue weighted by atomic mass is 16.7. The van der Waals surface area contributed by atoms with Crippen LogP contribution in [-0.2, 0) is 28.5 Å². The van der Waals surface area contributed by atoms with E-state index in [1.807, 2.05) is 0 Å². The van der Waals surface area contributed by atoms with Gasteiger partial charge in [-0.25, -0.2) is 0 Å². The molecular weight excluding hydrogens is 582 g/mol. The van der Waals surface area contributed by atoms with Crippen molar-refractivity contribution >= 4 is 5.97 Å². The summed E-state index contributed by atoms with van der Waals surface area (Å²) in [5, 5.41) is 14.5. The molecule has 12 atom stereocenters. The van der Waals surface area contributed by atoms with Gasteiger partial charge in [0.25, 0.3) is 0 Å². The molecule has 8 fully saturated rings. The van der Waals surface area contributed by atoms with E-state index in [2.05, 4.69) is 30.8 Å². The van der Waals surface area contributed by atoms with Gasteiger partial charge in [0, 0.05) is 28.7 Å². The van der Waals surface area contributed by atoms with Crippen LogP contribution in [-0.4, -0.2) is 81.3 Å². The zero-order valence-corrected chi connectivity index (χ0v) is 29.8. The van der Waals surface area contributed by atoms with Crippen LogP contribution in [0.3, 0.4) is 0 Å². The Balaban J connectivity index is 0.000000932. The molecule has 0 aromatic heterocycles. The fourth-order valence-corrected chi connectivity index (χ4v) is 12.7. The van der Waals surface area contributed by atoms with Crippen molar-refractivity contribution in [3.63, 3.8) is 0 Å². The number of methoxy groups -OCH3 is 1. The van der Waals surface area contributed by atoms with Crippen molar-refractivity contribution in [3.05, 3.63) is 0 Å². The molecule has 6 aliphatic carbocycles. The maximum atomic E-state index is 12.7. The molecule has 0 radical (unpaired) electrons. The third kappa shape index (κ3) is 5.33. The number of rotatable bonds is 6. The van der Waals surface area contributed by atoms with Gasteiger partial charge in [-0.2, -0.15) is 0 Å². The van der Waals surface area contributed by atoms with Gasteiger partial charge in [-0.1, -0.05) is 20.8 Å². The smallest absolute Gasteiger partial charge is 0.309 e. The minimum Gasteiger partial charge on any atom is -0.456 e. The topological polar surface area (TPSA) is 95.5 Å². The Labute approximate surface area is 279 Å². The normalized spacial score (nSPS) is 47.8. The molecule has 6 saturated carbocycles. The second-order valence-electron chi connectivity index (χ2n) is 18.2. The average molecular weight is 648 g/mol. The van der Waals surface area contributed by atoms with E-state index < -0.39 is 11.7 Å². The fourth-order valence-electron chi connectivity index (χ4n) is 12.7. The van der Waals surface area contributed by atoms with Gasteiger partial charge in [-0.15, -0.1) is 0 Å². The second-order valence-corrected chi connectivity index (χ2v) is 18.2. The van der Waals surface area contributed by atoms with Crippen molar-refractivity contribution in [2.45, 2.75) is 148 Å². The van der Waals surface area contributed by atoms with Crippen LogP contribution in [0.5, 0.6) is 0 Å². The number of ether oxygens (including phenoxy) is 5. The van der Waals surface area contributed by atoms with E-state index in [9.17, 15) is 9.90 Å². The highest BCUT2D eigenvalue weighted by molar-refractivity contribution is 5.75. The van der Waals surface area contributed by atoms with Crippen LogP contribution in [0.1, 0.15) is 113 Å². The summed E-state index contributed by atoms with van der Waals surface area (Å²) in [6.45, 7) is 13.6. The van der Waals surface area contributed by atoms with Gasteiger partial charge in [-0.3, -0.25) is 4.79 Å². The molecule has 2 spiro atoms. The van der Waals surface area contributed by atoms with Gasteiger partial charge in [0.15, 0.2) is 12.4 Å². The van der Waals surface area contributed by atoms with E-state index in [0.29, 0.717) is 28.1 Å². The van der Waals surface area contributed by atoms with Crippen LogP contribution in [0.2, 0.25) is 0 Å². The van der Waals surface area contributed by atoms with Crippen LogP contribution >= 0.6 is 0 Å². The Hall–Kier alpha value is -0.770. The summed E-state index contributed by atoms with van der Waals surface area (Å²) < 4.78 is 29.8. The summed E-state index contributed by atoms with van der Waals surface area (Å²) in [7, 11) is 3.25. The Kier molecular flexibility index (Phi) is 8.75. The summed E-state index contributed by atoms with van der Waals surface area (Å²) in [6, 6.07) is 0. The van der Waals surface area contributed by atoms with Crippen molar-refractivity contribution < 1.29 is 35.0 Å². The number of fused-ring (bicyclic) bond motifs is 4. The fraction of sp³-hybridized carbons (Fsp3) is 0.974. The van der Waals surface area contributed by atoms with Gasteiger partial charge in [-0.05, 0) is 136 Å². The lowest BCUT2D eigenvalue weighted by Gasteiger charge is -2.60. The Bertz CT molecular complexity index is 1140. The first-order valence-corrected chi connectivity index (χ1v) is 18.8. The van der Waals surface area contributed by atoms with Gasteiger partial charge in [0.2, 0.25) is 0 Å². The minimum atomic E-state index is -1.12. The first-order valence-electron chi connectivity index (χ1n) is 18.8. The quantitative estimate of drug-likeness (QED) is 0.333. The number of hydrogen-bond donors (Lipinski definition) is 2. The largest absolute Gasteiger partial charge is 0.456 e. The highest BCUT2D eigenvalue weighted by Crippen LogP contribution is 2.87. The predicted molar refractivity (Wildman–Crippen MR) is 177 cm³/mol. The van der Waals surface area contributed by atoms with Crippen molar-refractivity contribution in [3.8, 4) is 0 Å². The zero-order chi connectivity index (χ0) is 32.7. The number of carbonyl (C=O) groups excluding carboxylic acids is 1. The molecule has 8 heteroatoms. The minimum absolute atomic E-state index is 0. The summed E-state index contributed by atoms with van der Waals surface area (Å²) in [4.78, 5) is 12.7. The van der Waals surface area contributed by atoms with Crippen LogP contribution in [0.15, 0.2) is 0 Å². The lowest BCUT2D eigenvalue weighted by Crippen LogP contribution is -2.56. The van der Waals surface area contributed by atoms with Crippen LogP contribution in [0, 0.1) is 51.2 Å². The number of morpholine rings is 1. The molecule has 0 amide bonds. The van der Waals surface area contributed by atoms with E-state index in [4.69, 9.17) is 18.9 Å². The molecule has 2 N–H and O–H groups in total. The van der Waals surface area contributed by atoms with Crippen LogP contribution in [0.4, 0.5) is 0 Å². The highest BCUT2D eigenvalue weighted by Gasteiger charge is 2.80. The molecule has 0 aromatic rings. The number of nitrogens with one attached hydrogen (secondary N) is 1. The SMILES string of the molecule is CC12CC[C@@]34CC35CC[C@H](OC3CNCCO3)C(C)(C)C5CCC4C1CC1OC([C@H](OC(=O)C3CC3)C(C)(C)O)CCC12.COC.[HH]. The van der Waals surface area contributed by atoms with E-state index in [-0.39, 0.29) is 43.3 Å². The molecule has 46 heavy (non-hydrogen) atoms. The molecule has 8 aliphatic rings. The van der Waals surface area contributed by atoms with Crippen molar-refractivity contribution in [2.75, 3.05) is 33.9 Å². The summed E-state index contributed by atoms with van der Waals surface area (Å²) in [5.74, 6) is 2.69. The lowest BCUT2D eigenvalue weighted by molar-refractivity contribution is -0.232. The van der Waals surface area contributed by atoms with Gasteiger partial charge >= 0.3 is 5.97 Å². The van der Waals surface area contributed by atoms with E-state index in [1.54, 1.807) is 28.1 Å². The summed E-state index contributed by atoms with van der Waals surface area (Å²) in [5.41, 5.74) is 0.381. The Morgan fingerprint density at radius 1 is 0.957 bits per heavy atom. The Morgan fingerprint density at radius 2 is 1.70 bits per heavy atom. The van der Waals surface area contributed by atoms with Gasteiger partial charge in [0.05, 0.1) is 36.4 Å². The first-order chi connectivity index (χ1) is 21.8. The van der Waals surface area contributed by atoms with Gasteiger partial charge < -0.3 is 34.1 Å². The molecule has 2 aliphatic heterocycles. The number of carbonyl (C=O) groups is 1. The molecule has 2 saturated heterocycles. The lowest BCUT2D eigenvalue weighted by atomic mass is 9.46. The molecule has 0 bridgehead atoms. The van der Waals surface area contributed by atoms with Crippen molar-refractivity contribution in [1.82, 2.24) is 5.32 Å². The van der Waals surface area contributed by atoms with Crippen LogP contribution in [0.25, 0.3) is 0 Å². The average Bonchev–Trinajstić information content (AvgIpc) is 3.93. The number of esters is 1. The van der Waals surface area contributed by atoms with E-state index in [1.165, 1.54) is 38.5 Å². The summed E-state index contributed by atoms with van der Waals surface area (Å²) >= 11 is 0. The second kappa shape index (κ2) is 11.9. The first kappa shape index (κ1) is 33.7. The molecule has 264 valence electrons. The zero-order valence-electron chi connectivity index (χ0n) is 29.8. The predicted octanol–water partition coefficient (Wildman–Crippen LogP) is 6.13. The van der Waals surface area contributed by atoms with E-state index in [0.717, 1.165) is 70.1 Å². The number of hydrogen-bond acceptors (Lipinski definition) is 8. The molecule has 9 unspecified atom stereocenters. The van der Waals surface area contributed by atoms with Crippen molar-refractivity contribution in [1.29, 1.82) is 0 Å². The third-order valence-corrected chi connectivity index (χ3v) is 15.0. The van der Waals surface area contributed by atoms with Gasteiger partial charge in [0.1, 0.15) is 0 Å². The van der Waals surface area contributed by atoms with Crippen LogP contribution < -0.4 is 5.32 Å². The molecule has 2 heterocycles. The molecule has 8 rings (SSSR count). The number of aliphatic hydroxyl groups is 1. The summed E-state index contributed by atoms with van der Waals surface area (Å²) in [6.07, 6.45) is 13.8. The monoisotopic (exact) mass is 647 g/mol. The third-order valence-electron chi connectivity index (χ3n) is 15.0. The van der Waals surface area contributed by atoms with E-state index >= 15 is 0 Å². The molecule has 0 aromatic carbocycles.